The topological polar surface area (TPSA) is 70.7 Å². The molecule has 106 valence electrons. The number of nitrogens with zero attached hydrogens (tertiary/aromatic N) is 2. The molecule has 21 heavy (non-hydrogen) atoms. The Balaban J connectivity index is 1.86. The number of hydrogen-bond acceptors (Lipinski definition) is 3. The van der Waals surface area contributed by atoms with E-state index in [1.165, 1.54) is 0 Å². The minimum Gasteiger partial charge on any atom is -0.304 e. The Labute approximate surface area is 122 Å². The quantitative estimate of drug-likeness (QED) is 0.771. The summed E-state index contributed by atoms with van der Waals surface area (Å²) in [5.74, 6) is 0.277. The van der Waals surface area contributed by atoms with E-state index in [4.69, 9.17) is 0 Å². The van der Waals surface area contributed by atoms with E-state index >= 15 is 0 Å². The maximum absolute atomic E-state index is 12.4. The Kier molecular flexibility index (Phi) is 3.64. The van der Waals surface area contributed by atoms with Crippen LogP contribution in [0.15, 0.2) is 42.6 Å². The summed E-state index contributed by atoms with van der Waals surface area (Å²) in [4.78, 5) is 16.6. The van der Waals surface area contributed by atoms with Crippen molar-refractivity contribution in [3.63, 3.8) is 0 Å². The minimum absolute atomic E-state index is 0.249. The molecule has 2 aromatic heterocycles. The fourth-order valence-corrected chi connectivity index (χ4v) is 2.30. The number of benzene rings is 1. The van der Waals surface area contributed by atoms with Gasteiger partial charge in [-0.1, -0.05) is 37.6 Å². The lowest BCUT2D eigenvalue weighted by Gasteiger charge is -2.04. The highest BCUT2D eigenvalue weighted by atomic mass is 16.1. The van der Waals surface area contributed by atoms with Gasteiger partial charge in [-0.05, 0) is 17.9 Å². The van der Waals surface area contributed by atoms with Crippen molar-refractivity contribution < 1.29 is 4.79 Å². The largest absolute Gasteiger partial charge is 0.304 e. The monoisotopic (exact) mass is 280 g/mol. The molecule has 5 nitrogen and oxygen atoms in total. The van der Waals surface area contributed by atoms with Crippen molar-refractivity contribution in [3.8, 4) is 0 Å². The Morgan fingerprint density at radius 2 is 2.14 bits per heavy atom. The van der Waals surface area contributed by atoms with E-state index in [2.05, 4.69) is 27.4 Å². The summed E-state index contributed by atoms with van der Waals surface area (Å²) in [6.45, 7) is 2.10. The van der Waals surface area contributed by atoms with Crippen LogP contribution in [-0.4, -0.2) is 21.1 Å². The number of amides is 1. The highest BCUT2D eigenvalue weighted by Crippen LogP contribution is 2.17. The van der Waals surface area contributed by atoms with Crippen LogP contribution >= 0.6 is 0 Å². The highest BCUT2D eigenvalue weighted by molar-refractivity contribution is 6.10. The number of pyridine rings is 1. The number of anilines is 1. The molecule has 1 amide bonds. The van der Waals surface area contributed by atoms with Crippen molar-refractivity contribution in [2.24, 2.45) is 0 Å². The Morgan fingerprint density at radius 3 is 3.00 bits per heavy atom. The molecule has 0 fully saturated rings. The summed E-state index contributed by atoms with van der Waals surface area (Å²) in [7, 11) is 0. The highest BCUT2D eigenvalue weighted by Gasteiger charge is 2.13. The third-order valence-electron chi connectivity index (χ3n) is 3.28. The minimum atomic E-state index is -0.249. The molecule has 0 aliphatic rings. The van der Waals surface area contributed by atoms with Crippen LogP contribution < -0.4 is 5.32 Å². The summed E-state index contributed by atoms with van der Waals surface area (Å²) in [5, 5.41) is 11.6. The number of rotatable bonds is 4. The van der Waals surface area contributed by atoms with E-state index in [-0.39, 0.29) is 5.91 Å². The van der Waals surface area contributed by atoms with Crippen LogP contribution in [0.5, 0.6) is 0 Å². The molecule has 0 aliphatic carbocycles. The van der Waals surface area contributed by atoms with Crippen LogP contribution in [0.1, 0.15) is 29.5 Å². The van der Waals surface area contributed by atoms with E-state index in [0.29, 0.717) is 11.5 Å². The fraction of sp³-hybridized carbons (Fsp3) is 0.188. The molecule has 3 aromatic rings. The number of aromatic nitrogens is 3. The first-order chi connectivity index (χ1) is 10.3. The van der Waals surface area contributed by atoms with Gasteiger partial charge < -0.3 is 5.32 Å². The fourth-order valence-electron chi connectivity index (χ4n) is 2.30. The van der Waals surface area contributed by atoms with E-state index in [0.717, 1.165) is 29.3 Å². The second kappa shape index (κ2) is 5.75. The summed E-state index contributed by atoms with van der Waals surface area (Å²) >= 11 is 0. The smallest absolute Gasteiger partial charge is 0.276 e. The number of hydrogen-bond donors (Lipinski definition) is 2. The van der Waals surface area contributed by atoms with Gasteiger partial charge in [-0.25, -0.2) is 0 Å². The molecular weight excluding hydrogens is 264 g/mol. The number of nitrogens with one attached hydrogen (secondary N) is 2. The van der Waals surface area contributed by atoms with Gasteiger partial charge in [0.25, 0.3) is 5.91 Å². The number of carbonyl (C=O) groups is 1. The van der Waals surface area contributed by atoms with Gasteiger partial charge in [0.15, 0.2) is 5.82 Å². The molecule has 0 spiro atoms. The molecule has 0 bridgehead atoms. The molecule has 0 saturated carbocycles. The zero-order chi connectivity index (χ0) is 14.7. The normalized spacial score (nSPS) is 10.7. The molecule has 0 unspecified atom stereocenters. The summed E-state index contributed by atoms with van der Waals surface area (Å²) in [6.07, 6.45) is 3.58. The molecule has 0 saturated heterocycles. The standard InChI is InChI=1S/C16H16N4O/c1-2-5-12-10-14(20-19-12)18-16(21)15-13-7-4-3-6-11(13)8-9-17-15/h3-4,6-10H,2,5H2,1H3,(H2,18,19,20,21). The van der Waals surface area contributed by atoms with Crippen LogP contribution in [0, 0.1) is 0 Å². The first kappa shape index (κ1) is 13.3. The third-order valence-corrected chi connectivity index (χ3v) is 3.28. The van der Waals surface area contributed by atoms with Crippen LogP contribution in [-0.2, 0) is 6.42 Å². The van der Waals surface area contributed by atoms with Gasteiger partial charge in [0.05, 0.1) is 0 Å². The summed E-state index contributed by atoms with van der Waals surface area (Å²) in [5.41, 5.74) is 1.42. The first-order valence-electron chi connectivity index (χ1n) is 6.97. The molecule has 1 aromatic carbocycles. The van der Waals surface area contributed by atoms with Crippen LogP contribution in [0.4, 0.5) is 5.82 Å². The number of aromatic amines is 1. The lowest BCUT2D eigenvalue weighted by Crippen LogP contribution is -2.14. The first-order valence-corrected chi connectivity index (χ1v) is 6.97. The van der Waals surface area contributed by atoms with Crippen molar-refractivity contribution in [2.45, 2.75) is 19.8 Å². The second-order valence-electron chi connectivity index (χ2n) is 4.86. The second-order valence-corrected chi connectivity index (χ2v) is 4.86. The van der Waals surface area contributed by atoms with Gasteiger partial charge in [-0.15, -0.1) is 0 Å². The Morgan fingerprint density at radius 1 is 1.29 bits per heavy atom. The molecule has 3 rings (SSSR count). The number of carbonyl (C=O) groups excluding carboxylic acids is 1. The molecular formula is C16H16N4O. The Hall–Kier alpha value is -2.69. The lowest BCUT2D eigenvalue weighted by atomic mass is 10.1. The zero-order valence-electron chi connectivity index (χ0n) is 11.8. The van der Waals surface area contributed by atoms with E-state index in [9.17, 15) is 4.79 Å². The summed E-state index contributed by atoms with van der Waals surface area (Å²) < 4.78 is 0. The zero-order valence-corrected chi connectivity index (χ0v) is 11.8. The molecule has 0 radical (unpaired) electrons. The van der Waals surface area contributed by atoms with Gasteiger partial charge >= 0.3 is 0 Å². The maximum atomic E-state index is 12.4. The van der Waals surface area contributed by atoms with Gasteiger partial charge in [0, 0.05) is 23.3 Å². The molecule has 2 heterocycles. The molecule has 5 heteroatoms. The van der Waals surface area contributed by atoms with Crippen molar-refractivity contribution in [1.29, 1.82) is 0 Å². The van der Waals surface area contributed by atoms with Crippen LogP contribution in [0.25, 0.3) is 10.8 Å². The van der Waals surface area contributed by atoms with Gasteiger partial charge in [-0.2, -0.15) is 5.10 Å². The maximum Gasteiger partial charge on any atom is 0.276 e. The average molecular weight is 280 g/mol. The van der Waals surface area contributed by atoms with Gasteiger partial charge in [0.2, 0.25) is 0 Å². The Bertz CT molecular complexity index is 773. The van der Waals surface area contributed by atoms with Gasteiger partial charge in [0.1, 0.15) is 5.69 Å². The number of fused-ring (bicyclic) bond motifs is 1. The predicted octanol–water partition coefficient (Wildman–Crippen LogP) is 3.16. The predicted molar refractivity (Wildman–Crippen MR) is 82.3 cm³/mol. The molecule has 2 N–H and O–H groups in total. The summed E-state index contributed by atoms with van der Waals surface area (Å²) in [6, 6.07) is 11.4. The van der Waals surface area contributed by atoms with Crippen molar-refractivity contribution >= 4 is 22.5 Å². The van der Waals surface area contributed by atoms with E-state index in [1.54, 1.807) is 6.20 Å². The third kappa shape index (κ3) is 2.76. The number of aryl methyl sites for hydroxylation is 1. The van der Waals surface area contributed by atoms with E-state index < -0.39 is 0 Å². The van der Waals surface area contributed by atoms with Crippen molar-refractivity contribution in [1.82, 2.24) is 15.2 Å². The SMILES string of the molecule is CCCc1cc(NC(=O)c2nccc3ccccc23)n[nH]1. The van der Waals surface area contributed by atoms with E-state index in [1.807, 2.05) is 36.4 Å². The molecule has 0 atom stereocenters. The van der Waals surface area contributed by atoms with Crippen LogP contribution in [0.2, 0.25) is 0 Å². The molecule has 0 aliphatic heterocycles. The van der Waals surface area contributed by atoms with Crippen LogP contribution in [0.3, 0.4) is 0 Å². The lowest BCUT2D eigenvalue weighted by molar-refractivity contribution is 0.102. The van der Waals surface area contributed by atoms with Crippen molar-refractivity contribution in [2.75, 3.05) is 5.32 Å². The number of H-pyrrole nitrogens is 1. The average Bonchev–Trinajstić information content (AvgIpc) is 2.94. The van der Waals surface area contributed by atoms with Crippen molar-refractivity contribution in [3.05, 3.63) is 54.0 Å². The van der Waals surface area contributed by atoms with Gasteiger partial charge in [-0.3, -0.25) is 14.9 Å².